The number of halogens is 1. The third-order valence-electron chi connectivity index (χ3n) is 2.96. The second-order valence-electron chi connectivity index (χ2n) is 4.98. The van der Waals surface area contributed by atoms with Crippen molar-refractivity contribution in [2.75, 3.05) is 19.0 Å². The molecule has 0 atom stereocenters. The monoisotopic (exact) mass is 284 g/mol. The maximum atomic E-state index is 11.8. The van der Waals surface area contributed by atoms with E-state index in [1.807, 2.05) is 20.8 Å². The topological polar surface area (TPSA) is 50.4 Å². The number of methoxy groups -OCH3 is 1. The maximum Gasteiger partial charge on any atom is 0.239 e. The Bertz CT molecular complexity index is 447. The van der Waals surface area contributed by atoms with Crippen LogP contribution in [0, 0.1) is 0 Å². The van der Waals surface area contributed by atoms with Gasteiger partial charge in [-0.3, -0.25) is 4.79 Å². The Hall–Kier alpha value is -1.42. The van der Waals surface area contributed by atoms with Gasteiger partial charge in [0, 0.05) is 10.6 Å². The highest BCUT2D eigenvalue weighted by molar-refractivity contribution is 6.30. The molecule has 1 aromatic rings. The van der Waals surface area contributed by atoms with Crippen molar-refractivity contribution in [3.8, 4) is 5.75 Å². The predicted molar refractivity (Wildman–Crippen MR) is 79.0 cm³/mol. The summed E-state index contributed by atoms with van der Waals surface area (Å²) in [4.78, 5) is 11.8. The normalized spacial score (nSPS) is 11.0. The zero-order valence-corrected chi connectivity index (χ0v) is 12.6. The lowest BCUT2D eigenvalue weighted by Crippen LogP contribution is -2.45. The first-order valence-electron chi connectivity index (χ1n) is 6.26. The average Bonchev–Trinajstić information content (AvgIpc) is 2.36. The number of benzene rings is 1. The molecule has 0 bridgehead atoms. The summed E-state index contributed by atoms with van der Waals surface area (Å²) in [5.74, 6) is 0.598. The number of rotatable bonds is 6. The SMILES string of the molecule is CCC(C)(C)NC(=O)CNc1cc(Cl)ccc1OC. The van der Waals surface area contributed by atoms with Crippen molar-refractivity contribution in [2.45, 2.75) is 32.7 Å². The fourth-order valence-electron chi connectivity index (χ4n) is 1.50. The molecule has 5 heteroatoms. The quantitative estimate of drug-likeness (QED) is 0.844. The largest absolute Gasteiger partial charge is 0.495 e. The van der Waals surface area contributed by atoms with Crippen LogP contribution < -0.4 is 15.4 Å². The maximum absolute atomic E-state index is 11.8. The molecule has 19 heavy (non-hydrogen) atoms. The van der Waals surface area contributed by atoms with E-state index in [-0.39, 0.29) is 18.0 Å². The first-order chi connectivity index (χ1) is 8.88. The van der Waals surface area contributed by atoms with Crippen molar-refractivity contribution in [3.63, 3.8) is 0 Å². The van der Waals surface area contributed by atoms with Crippen molar-refractivity contribution in [1.82, 2.24) is 5.32 Å². The Kier molecular flexibility index (Phi) is 5.48. The Morgan fingerprint density at radius 1 is 1.42 bits per heavy atom. The number of hydrogen-bond donors (Lipinski definition) is 2. The Morgan fingerprint density at radius 3 is 2.68 bits per heavy atom. The van der Waals surface area contributed by atoms with Gasteiger partial charge < -0.3 is 15.4 Å². The van der Waals surface area contributed by atoms with Gasteiger partial charge in [0.1, 0.15) is 5.75 Å². The average molecular weight is 285 g/mol. The molecule has 0 aliphatic rings. The molecular formula is C14H21ClN2O2. The van der Waals surface area contributed by atoms with E-state index in [4.69, 9.17) is 16.3 Å². The Morgan fingerprint density at radius 2 is 2.11 bits per heavy atom. The van der Waals surface area contributed by atoms with Crippen LogP contribution in [-0.2, 0) is 4.79 Å². The standard InChI is InChI=1S/C14H21ClN2O2/c1-5-14(2,3)17-13(18)9-16-11-8-10(15)6-7-12(11)19-4/h6-8,16H,5,9H2,1-4H3,(H,17,18). The van der Waals surface area contributed by atoms with Crippen LogP contribution in [0.15, 0.2) is 18.2 Å². The molecule has 106 valence electrons. The van der Waals surface area contributed by atoms with Crippen LogP contribution in [0.2, 0.25) is 5.02 Å². The number of ether oxygens (including phenoxy) is 1. The highest BCUT2D eigenvalue weighted by Gasteiger charge is 2.17. The van der Waals surface area contributed by atoms with Crippen LogP contribution in [0.25, 0.3) is 0 Å². The summed E-state index contributed by atoms with van der Waals surface area (Å²) in [6, 6.07) is 5.24. The van der Waals surface area contributed by atoms with Gasteiger partial charge in [-0.25, -0.2) is 0 Å². The minimum atomic E-state index is -0.197. The summed E-state index contributed by atoms with van der Waals surface area (Å²) in [5, 5.41) is 6.58. The molecule has 0 fully saturated rings. The summed E-state index contributed by atoms with van der Waals surface area (Å²) in [6.07, 6.45) is 0.874. The minimum absolute atomic E-state index is 0.0612. The molecular weight excluding hydrogens is 264 g/mol. The van der Waals surface area contributed by atoms with E-state index in [9.17, 15) is 4.79 Å². The molecule has 1 amide bonds. The molecule has 0 aromatic heterocycles. The van der Waals surface area contributed by atoms with Crippen LogP contribution >= 0.6 is 11.6 Å². The number of nitrogens with one attached hydrogen (secondary N) is 2. The van der Waals surface area contributed by atoms with Gasteiger partial charge in [-0.15, -0.1) is 0 Å². The summed E-state index contributed by atoms with van der Waals surface area (Å²) < 4.78 is 5.20. The molecule has 1 rings (SSSR count). The number of carbonyl (C=O) groups excluding carboxylic acids is 1. The van der Waals surface area contributed by atoms with Gasteiger partial charge in [-0.05, 0) is 38.5 Å². The van der Waals surface area contributed by atoms with E-state index in [0.717, 1.165) is 6.42 Å². The number of amides is 1. The van der Waals surface area contributed by atoms with E-state index < -0.39 is 0 Å². The van der Waals surface area contributed by atoms with Gasteiger partial charge in [0.15, 0.2) is 0 Å². The molecule has 1 aromatic carbocycles. The smallest absolute Gasteiger partial charge is 0.239 e. The van der Waals surface area contributed by atoms with Crippen LogP contribution in [0.3, 0.4) is 0 Å². The predicted octanol–water partition coefficient (Wildman–Crippen LogP) is 3.07. The lowest BCUT2D eigenvalue weighted by Gasteiger charge is -2.24. The molecule has 0 aliphatic carbocycles. The molecule has 0 heterocycles. The van der Waals surface area contributed by atoms with Gasteiger partial charge in [0.05, 0.1) is 19.3 Å². The lowest BCUT2D eigenvalue weighted by molar-refractivity contribution is -0.121. The Labute approximate surface area is 119 Å². The van der Waals surface area contributed by atoms with Gasteiger partial charge in [-0.1, -0.05) is 18.5 Å². The second kappa shape index (κ2) is 6.66. The molecule has 0 saturated carbocycles. The Balaban J connectivity index is 2.62. The molecule has 2 N–H and O–H groups in total. The number of carbonyl (C=O) groups is 1. The summed E-state index contributed by atoms with van der Waals surface area (Å²) in [5.41, 5.74) is 0.511. The van der Waals surface area contributed by atoms with Gasteiger partial charge >= 0.3 is 0 Å². The van der Waals surface area contributed by atoms with E-state index in [1.54, 1.807) is 25.3 Å². The van der Waals surface area contributed by atoms with Gasteiger partial charge in [0.25, 0.3) is 0 Å². The highest BCUT2D eigenvalue weighted by Crippen LogP contribution is 2.27. The van der Waals surface area contributed by atoms with Gasteiger partial charge in [0.2, 0.25) is 5.91 Å². The second-order valence-corrected chi connectivity index (χ2v) is 5.42. The first-order valence-corrected chi connectivity index (χ1v) is 6.64. The van der Waals surface area contributed by atoms with Crippen LogP contribution in [0.4, 0.5) is 5.69 Å². The summed E-state index contributed by atoms with van der Waals surface area (Å²) in [6.45, 7) is 6.20. The molecule has 0 saturated heterocycles. The third-order valence-corrected chi connectivity index (χ3v) is 3.20. The minimum Gasteiger partial charge on any atom is -0.495 e. The molecule has 4 nitrogen and oxygen atoms in total. The van der Waals surface area contributed by atoms with Crippen LogP contribution in [-0.4, -0.2) is 25.1 Å². The molecule has 0 spiro atoms. The molecule has 0 radical (unpaired) electrons. The highest BCUT2D eigenvalue weighted by atomic mass is 35.5. The van der Waals surface area contributed by atoms with E-state index >= 15 is 0 Å². The van der Waals surface area contributed by atoms with Crippen molar-refractivity contribution >= 4 is 23.2 Å². The van der Waals surface area contributed by atoms with Crippen molar-refractivity contribution in [3.05, 3.63) is 23.2 Å². The summed E-state index contributed by atoms with van der Waals surface area (Å²) in [7, 11) is 1.58. The fourth-order valence-corrected chi connectivity index (χ4v) is 1.68. The van der Waals surface area contributed by atoms with Crippen molar-refractivity contribution in [2.24, 2.45) is 0 Å². The summed E-state index contributed by atoms with van der Waals surface area (Å²) >= 11 is 5.92. The van der Waals surface area contributed by atoms with Crippen molar-refractivity contribution in [1.29, 1.82) is 0 Å². The van der Waals surface area contributed by atoms with E-state index in [1.165, 1.54) is 0 Å². The van der Waals surface area contributed by atoms with E-state index in [2.05, 4.69) is 10.6 Å². The molecule has 0 unspecified atom stereocenters. The van der Waals surface area contributed by atoms with Crippen LogP contribution in [0.1, 0.15) is 27.2 Å². The van der Waals surface area contributed by atoms with Crippen LogP contribution in [0.5, 0.6) is 5.75 Å². The third kappa shape index (κ3) is 4.99. The fraction of sp³-hybridized carbons (Fsp3) is 0.500. The zero-order valence-electron chi connectivity index (χ0n) is 11.8. The lowest BCUT2D eigenvalue weighted by atomic mass is 10.0. The first kappa shape index (κ1) is 15.6. The van der Waals surface area contributed by atoms with E-state index in [0.29, 0.717) is 16.5 Å². The zero-order chi connectivity index (χ0) is 14.5. The molecule has 0 aliphatic heterocycles. The van der Waals surface area contributed by atoms with Gasteiger partial charge in [-0.2, -0.15) is 0 Å². The van der Waals surface area contributed by atoms with Crippen molar-refractivity contribution < 1.29 is 9.53 Å². The number of anilines is 1. The number of hydrogen-bond acceptors (Lipinski definition) is 3.